The van der Waals surface area contributed by atoms with Gasteiger partial charge in [-0.15, -0.1) is 0 Å². The zero-order valence-electron chi connectivity index (χ0n) is 11.1. The van der Waals surface area contributed by atoms with Gasteiger partial charge in [-0.2, -0.15) is 0 Å². The number of hydrogen-bond donors (Lipinski definition) is 2. The molecule has 108 valence electrons. The molecule has 3 N–H and O–H groups in total. The van der Waals surface area contributed by atoms with Crippen molar-refractivity contribution in [3.05, 3.63) is 63.4 Å². The first-order chi connectivity index (χ1) is 9.90. The monoisotopic (exact) mass is 366 g/mol. The highest BCUT2D eigenvalue weighted by Crippen LogP contribution is 2.21. The molecule has 0 spiro atoms. The van der Waals surface area contributed by atoms with E-state index >= 15 is 0 Å². The van der Waals surface area contributed by atoms with Crippen molar-refractivity contribution < 1.29 is 9.18 Å². The van der Waals surface area contributed by atoms with Crippen LogP contribution in [0, 0.1) is 12.7 Å². The van der Waals surface area contributed by atoms with E-state index < -0.39 is 5.82 Å². The molecule has 6 heteroatoms. The topological polar surface area (TPSA) is 55.1 Å². The molecule has 2 rings (SSSR count). The van der Waals surface area contributed by atoms with Crippen molar-refractivity contribution in [2.75, 3.05) is 5.32 Å². The lowest BCUT2D eigenvalue weighted by atomic mass is 10.1. The molecule has 0 unspecified atom stereocenters. The number of halogens is 2. The third-order valence-corrected chi connectivity index (χ3v) is 4.00. The number of rotatable bonds is 3. The van der Waals surface area contributed by atoms with Crippen molar-refractivity contribution >= 4 is 44.7 Å². The van der Waals surface area contributed by atoms with Crippen LogP contribution in [0.1, 0.15) is 21.5 Å². The molecule has 0 atom stereocenters. The minimum atomic E-state index is -0.564. The van der Waals surface area contributed by atoms with Crippen LogP contribution in [0.25, 0.3) is 0 Å². The van der Waals surface area contributed by atoms with Crippen molar-refractivity contribution in [3.63, 3.8) is 0 Å². The largest absolute Gasteiger partial charge is 0.389 e. The molecular weight excluding hydrogens is 355 g/mol. The second-order valence-corrected chi connectivity index (χ2v) is 5.74. The van der Waals surface area contributed by atoms with Gasteiger partial charge in [0.2, 0.25) is 0 Å². The number of carbonyl (C=O) groups excluding carboxylic acids is 1. The van der Waals surface area contributed by atoms with Gasteiger partial charge in [0.1, 0.15) is 10.8 Å². The van der Waals surface area contributed by atoms with Crippen molar-refractivity contribution in [2.45, 2.75) is 6.92 Å². The van der Waals surface area contributed by atoms with Crippen LogP contribution >= 0.6 is 28.1 Å². The fourth-order valence-corrected chi connectivity index (χ4v) is 2.39. The van der Waals surface area contributed by atoms with Gasteiger partial charge in [-0.1, -0.05) is 40.3 Å². The smallest absolute Gasteiger partial charge is 0.255 e. The molecular formula is C15H12BrFN2OS. The number of carbonyl (C=O) groups is 1. The lowest BCUT2D eigenvalue weighted by Gasteiger charge is -2.11. The van der Waals surface area contributed by atoms with E-state index in [-0.39, 0.29) is 22.1 Å². The highest BCUT2D eigenvalue weighted by atomic mass is 79.9. The molecule has 0 fully saturated rings. The van der Waals surface area contributed by atoms with Gasteiger partial charge in [0, 0.05) is 10.0 Å². The van der Waals surface area contributed by atoms with E-state index in [9.17, 15) is 9.18 Å². The normalized spacial score (nSPS) is 10.2. The van der Waals surface area contributed by atoms with Gasteiger partial charge in [0.25, 0.3) is 5.91 Å². The second-order valence-electron chi connectivity index (χ2n) is 4.44. The molecule has 2 aromatic rings. The predicted octanol–water partition coefficient (Wildman–Crippen LogP) is 3.78. The van der Waals surface area contributed by atoms with Crippen LogP contribution in [0.4, 0.5) is 10.1 Å². The summed E-state index contributed by atoms with van der Waals surface area (Å²) in [6, 6.07) is 9.49. The number of benzene rings is 2. The maximum Gasteiger partial charge on any atom is 0.255 e. The highest BCUT2D eigenvalue weighted by molar-refractivity contribution is 9.10. The minimum absolute atomic E-state index is 0.0343. The van der Waals surface area contributed by atoms with Gasteiger partial charge in [-0.3, -0.25) is 4.79 Å². The van der Waals surface area contributed by atoms with Crippen LogP contribution in [-0.2, 0) is 0 Å². The summed E-state index contributed by atoms with van der Waals surface area (Å²) in [7, 11) is 0. The van der Waals surface area contributed by atoms with E-state index in [1.807, 2.05) is 13.0 Å². The zero-order valence-corrected chi connectivity index (χ0v) is 13.5. The summed E-state index contributed by atoms with van der Waals surface area (Å²) in [4.78, 5) is 12.1. The maximum atomic E-state index is 13.7. The van der Waals surface area contributed by atoms with E-state index in [0.717, 1.165) is 10.0 Å². The fourth-order valence-electron chi connectivity index (χ4n) is 1.81. The van der Waals surface area contributed by atoms with E-state index in [1.54, 1.807) is 18.2 Å². The first kappa shape index (κ1) is 15.6. The van der Waals surface area contributed by atoms with Crippen molar-refractivity contribution in [1.29, 1.82) is 0 Å². The summed E-state index contributed by atoms with van der Waals surface area (Å²) in [5.41, 5.74) is 7.26. The zero-order chi connectivity index (χ0) is 15.6. The Bertz CT molecular complexity index is 734. The van der Waals surface area contributed by atoms with Crippen molar-refractivity contribution in [1.82, 2.24) is 0 Å². The molecule has 0 saturated carbocycles. The second kappa shape index (κ2) is 6.32. The van der Waals surface area contributed by atoms with Gasteiger partial charge in [0.15, 0.2) is 0 Å². The predicted molar refractivity (Wildman–Crippen MR) is 89.1 cm³/mol. The fraction of sp³-hybridized carbons (Fsp3) is 0.0667. The molecule has 3 nitrogen and oxygen atoms in total. The van der Waals surface area contributed by atoms with Gasteiger partial charge in [-0.25, -0.2) is 4.39 Å². The van der Waals surface area contributed by atoms with Crippen LogP contribution in [0.3, 0.4) is 0 Å². The van der Waals surface area contributed by atoms with Crippen LogP contribution < -0.4 is 11.1 Å². The maximum absolute atomic E-state index is 13.7. The summed E-state index contributed by atoms with van der Waals surface area (Å²) < 4.78 is 14.6. The average molecular weight is 367 g/mol. The molecule has 1 amide bonds. The number of aryl methyl sites for hydroxylation is 1. The van der Waals surface area contributed by atoms with Gasteiger partial charge in [0.05, 0.1) is 11.3 Å². The number of nitrogens with two attached hydrogens (primary N) is 1. The highest BCUT2D eigenvalue weighted by Gasteiger charge is 2.14. The van der Waals surface area contributed by atoms with E-state index in [0.29, 0.717) is 5.56 Å². The summed E-state index contributed by atoms with van der Waals surface area (Å²) in [6.07, 6.45) is 0. The lowest BCUT2D eigenvalue weighted by molar-refractivity contribution is 0.102. The minimum Gasteiger partial charge on any atom is -0.389 e. The number of amides is 1. The summed E-state index contributed by atoms with van der Waals surface area (Å²) in [6.45, 7) is 1.92. The number of anilines is 1. The third-order valence-electron chi connectivity index (χ3n) is 2.94. The molecule has 0 aliphatic rings. The molecule has 0 aliphatic carbocycles. The third kappa shape index (κ3) is 3.46. The standard InChI is InChI=1S/C15H12BrFN2OS/c1-8-5-6-9(7-10(8)16)15(20)19-12-4-2-3-11(17)13(12)14(18)21/h2-7H,1H3,(H2,18,21)(H,19,20). The van der Waals surface area contributed by atoms with Crippen LogP contribution in [-0.4, -0.2) is 10.9 Å². The van der Waals surface area contributed by atoms with Crippen LogP contribution in [0.15, 0.2) is 40.9 Å². The quantitative estimate of drug-likeness (QED) is 0.812. The summed E-state index contributed by atoms with van der Waals surface area (Å²) >= 11 is 8.19. The van der Waals surface area contributed by atoms with Crippen molar-refractivity contribution in [3.8, 4) is 0 Å². The molecule has 0 heterocycles. The Kier molecular flexibility index (Phi) is 4.69. The number of nitrogens with one attached hydrogen (secondary N) is 1. The van der Waals surface area contributed by atoms with Gasteiger partial charge in [-0.05, 0) is 36.8 Å². The first-order valence-electron chi connectivity index (χ1n) is 6.06. The molecule has 0 radical (unpaired) electrons. The van der Waals surface area contributed by atoms with E-state index in [1.165, 1.54) is 12.1 Å². The van der Waals surface area contributed by atoms with Crippen LogP contribution in [0.5, 0.6) is 0 Å². The van der Waals surface area contributed by atoms with Crippen LogP contribution in [0.2, 0.25) is 0 Å². The van der Waals surface area contributed by atoms with Crippen molar-refractivity contribution in [2.24, 2.45) is 5.73 Å². The molecule has 0 aliphatic heterocycles. The van der Waals surface area contributed by atoms with Gasteiger partial charge < -0.3 is 11.1 Å². The number of hydrogen-bond acceptors (Lipinski definition) is 2. The molecule has 21 heavy (non-hydrogen) atoms. The number of thiocarbonyl (C=S) groups is 1. The first-order valence-corrected chi connectivity index (χ1v) is 7.26. The van der Waals surface area contributed by atoms with E-state index in [2.05, 4.69) is 21.2 Å². The molecule has 0 bridgehead atoms. The average Bonchev–Trinajstić information content (AvgIpc) is 2.41. The Hall–Kier alpha value is -1.79. The Labute approximate surface area is 135 Å². The summed E-state index contributed by atoms with van der Waals surface area (Å²) in [5, 5.41) is 2.63. The molecule has 2 aromatic carbocycles. The Morgan fingerprint density at radius 1 is 1.33 bits per heavy atom. The Balaban J connectivity index is 2.34. The SMILES string of the molecule is Cc1ccc(C(=O)Nc2cccc(F)c2C(N)=S)cc1Br. The lowest BCUT2D eigenvalue weighted by Crippen LogP contribution is -2.19. The Morgan fingerprint density at radius 2 is 2.05 bits per heavy atom. The van der Waals surface area contributed by atoms with E-state index in [4.69, 9.17) is 18.0 Å². The summed E-state index contributed by atoms with van der Waals surface area (Å²) in [5.74, 6) is -0.927. The Morgan fingerprint density at radius 3 is 2.67 bits per heavy atom. The molecule has 0 saturated heterocycles. The van der Waals surface area contributed by atoms with Gasteiger partial charge >= 0.3 is 0 Å². The molecule has 0 aromatic heterocycles.